The van der Waals surface area contributed by atoms with Gasteiger partial charge in [0.1, 0.15) is 6.07 Å². The molecule has 1 aliphatic rings. The summed E-state index contributed by atoms with van der Waals surface area (Å²) in [5.74, 6) is 0.637. The van der Waals surface area contributed by atoms with E-state index < -0.39 is 5.83 Å². The summed E-state index contributed by atoms with van der Waals surface area (Å²) in [7, 11) is 0. The summed E-state index contributed by atoms with van der Waals surface area (Å²) in [4.78, 5) is 0. The first kappa shape index (κ1) is 19.4. The molecule has 134 valence electrons. The Morgan fingerprint density at radius 1 is 1.12 bits per heavy atom. The molecule has 0 N–H and O–H groups in total. The van der Waals surface area contributed by atoms with Crippen molar-refractivity contribution in [2.75, 3.05) is 0 Å². The molecular formula is C23H30FN. The average molecular weight is 339 g/mol. The summed E-state index contributed by atoms with van der Waals surface area (Å²) >= 11 is 0. The lowest BCUT2D eigenvalue weighted by molar-refractivity contribution is 0.296. The number of benzene rings is 1. The molecule has 0 aliphatic heterocycles. The van der Waals surface area contributed by atoms with E-state index in [1.54, 1.807) is 6.08 Å². The van der Waals surface area contributed by atoms with Crippen LogP contribution < -0.4 is 0 Å². The van der Waals surface area contributed by atoms with Gasteiger partial charge in [0, 0.05) is 0 Å². The normalized spacial score (nSPS) is 21.4. The molecule has 1 nitrogen and oxygen atoms in total. The quantitative estimate of drug-likeness (QED) is 0.382. The van der Waals surface area contributed by atoms with Crippen LogP contribution in [0.2, 0.25) is 0 Å². The molecule has 0 heterocycles. The highest BCUT2D eigenvalue weighted by atomic mass is 19.1. The Morgan fingerprint density at radius 2 is 1.76 bits per heavy atom. The molecule has 1 aliphatic carbocycles. The monoisotopic (exact) mass is 339 g/mol. The second kappa shape index (κ2) is 10.9. The van der Waals surface area contributed by atoms with Gasteiger partial charge in [-0.2, -0.15) is 9.65 Å². The van der Waals surface area contributed by atoms with Crippen LogP contribution in [0.15, 0.2) is 48.3 Å². The third-order valence-corrected chi connectivity index (χ3v) is 5.31. The molecule has 2 heteroatoms. The number of nitriles is 1. The van der Waals surface area contributed by atoms with Gasteiger partial charge in [0.05, 0.1) is 0 Å². The molecule has 0 amide bonds. The number of hydrogen-bond acceptors (Lipinski definition) is 1. The van der Waals surface area contributed by atoms with Crippen LogP contribution in [0.5, 0.6) is 0 Å². The maximum atomic E-state index is 12.7. The zero-order valence-corrected chi connectivity index (χ0v) is 15.4. The van der Waals surface area contributed by atoms with E-state index in [0.29, 0.717) is 5.92 Å². The number of halogens is 1. The van der Waals surface area contributed by atoms with Crippen molar-refractivity contribution in [3.8, 4) is 6.07 Å². The summed E-state index contributed by atoms with van der Waals surface area (Å²) in [6.07, 6.45) is 16.1. The molecule has 0 saturated heterocycles. The molecule has 0 unspecified atom stereocenters. The summed E-state index contributed by atoms with van der Waals surface area (Å²) < 4.78 is 12.7. The molecule has 1 fully saturated rings. The topological polar surface area (TPSA) is 23.8 Å². The van der Waals surface area contributed by atoms with Gasteiger partial charge in [-0.15, -0.1) is 0 Å². The number of allylic oxidation sites excluding steroid dienone is 4. The SMILES string of the molecule is CCCCc1ccc(CC[C@H]2CC[C@H](/C=C/C=C(\F)C#N)CC2)cc1. The lowest BCUT2D eigenvalue weighted by atomic mass is 9.79. The molecule has 1 aromatic carbocycles. The molecular weight excluding hydrogens is 309 g/mol. The summed E-state index contributed by atoms with van der Waals surface area (Å²) in [6.45, 7) is 2.24. The van der Waals surface area contributed by atoms with E-state index in [4.69, 9.17) is 5.26 Å². The highest BCUT2D eigenvalue weighted by Crippen LogP contribution is 2.32. The van der Waals surface area contributed by atoms with Gasteiger partial charge >= 0.3 is 0 Å². The lowest BCUT2D eigenvalue weighted by Gasteiger charge is -2.26. The standard InChI is InChI=1S/C23H30FN/c1-2-3-5-19-8-12-21(13-9-19)16-17-22-14-10-20(11-15-22)6-4-7-23(24)18-25/h4,6-9,12-13,20,22H,2-3,5,10-11,14-17H2,1H3/b6-4+,23-7-/t20-,22-. The number of aryl methyl sites for hydroxylation is 2. The van der Waals surface area contributed by atoms with Gasteiger partial charge in [0.15, 0.2) is 5.83 Å². The van der Waals surface area contributed by atoms with Crippen LogP contribution in [-0.2, 0) is 12.8 Å². The summed E-state index contributed by atoms with van der Waals surface area (Å²) in [5.41, 5.74) is 2.92. The fourth-order valence-electron chi connectivity index (χ4n) is 3.63. The average Bonchev–Trinajstić information content (AvgIpc) is 2.66. The number of nitrogens with zero attached hydrogens (tertiary/aromatic N) is 1. The Kier molecular flexibility index (Phi) is 8.46. The predicted molar refractivity (Wildman–Crippen MR) is 103 cm³/mol. The van der Waals surface area contributed by atoms with Crippen molar-refractivity contribution in [3.05, 3.63) is 59.4 Å². The maximum Gasteiger partial charge on any atom is 0.199 e. The van der Waals surface area contributed by atoms with Gasteiger partial charge in [0.2, 0.25) is 0 Å². The van der Waals surface area contributed by atoms with Crippen molar-refractivity contribution < 1.29 is 4.39 Å². The van der Waals surface area contributed by atoms with Crippen molar-refractivity contribution in [2.45, 2.75) is 64.7 Å². The minimum absolute atomic E-state index is 0.539. The fourth-order valence-corrected chi connectivity index (χ4v) is 3.63. The largest absolute Gasteiger partial charge is 0.199 e. The molecule has 0 spiro atoms. The minimum Gasteiger partial charge on any atom is -0.195 e. The Balaban J connectivity index is 1.69. The lowest BCUT2D eigenvalue weighted by Crippen LogP contribution is -2.13. The van der Waals surface area contributed by atoms with Crippen molar-refractivity contribution in [3.63, 3.8) is 0 Å². The summed E-state index contributed by atoms with van der Waals surface area (Å²) in [5, 5.41) is 8.39. The van der Waals surface area contributed by atoms with E-state index in [9.17, 15) is 4.39 Å². The highest BCUT2D eigenvalue weighted by molar-refractivity contribution is 5.23. The van der Waals surface area contributed by atoms with Crippen LogP contribution in [0.25, 0.3) is 0 Å². The first-order valence-corrected chi connectivity index (χ1v) is 9.73. The zero-order valence-electron chi connectivity index (χ0n) is 15.4. The van der Waals surface area contributed by atoms with Crippen LogP contribution in [-0.4, -0.2) is 0 Å². The maximum absolute atomic E-state index is 12.7. The Hall–Kier alpha value is -1.88. The smallest absolute Gasteiger partial charge is 0.195 e. The number of rotatable bonds is 8. The third-order valence-electron chi connectivity index (χ3n) is 5.31. The molecule has 0 atom stereocenters. The van der Waals surface area contributed by atoms with Gasteiger partial charge in [-0.05, 0) is 80.4 Å². The molecule has 1 aromatic rings. The molecule has 1 saturated carbocycles. The van der Waals surface area contributed by atoms with Crippen LogP contribution in [0.4, 0.5) is 4.39 Å². The van der Waals surface area contributed by atoms with Gasteiger partial charge in [-0.3, -0.25) is 0 Å². The highest BCUT2D eigenvalue weighted by Gasteiger charge is 2.19. The van der Waals surface area contributed by atoms with Crippen LogP contribution in [0, 0.1) is 23.2 Å². The second-order valence-electron chi connectivity index (χ2n) is 7.25. The number of hydrogen-bond donors (Lipinski definition) is 0. The van der Waals surface area contributed by atoms with E-state index >= 15 is 0 Å². The van der Waals surface area contributed by atoms with E-state index in [1.165, 1.54) is 81.1 Å². The molecule has 0 radical (unpaired) electrons. The third kappa shape index (κ3) is 7.26. The van der Waals surface area contributed by atoms with Crippen molar-refractivity contribution in [2.24, 2.45) is 11.8 Å². The zero-order chi connectivity index (χ0) is 17.9. The van der Waals surface area contributed by atoms with Gasteiger partial charge in [-0.25, -0.2) is 0 Å². The Labute approximate surface area is 152 Å². The first-order chi connectivity index (χ1) is 12.2. The Morgan fingerprint density at radius 3 is 2.36 bits per heavy atom. The number of unbranched alkanes of at least 4 members (excludes halogenated alkanes) is 1. The Bertz CT molecular complexity index is 598. The minimum atomic E-state index is -0.717. The van der Waals surface area contributed by atoms with Gasteiger partial charge in [0.25, 0.3) is 0 Å². The molecule has 0 aromatic heterocycles. The van der Waals surface area contributed by atoms with Gasteiger partial charge in [-0.1, -0.05) is 49.8 Å². The van der Waals surface area contributed by atoms with Gasteiger partial charge < -0.3 is 0 Å². The van der Waals surface area contributed by atoms with E-state index in [1.807, 2.05) is 0 Å². The molecule has 25 heavy (non-hydrogen) atoms. The van der Waals surface area contributed by atoms with Crippen LogP contribution >= 0.6 is 0 Å². The first-order valence-electron chi connectivity index (χ1n) is 9.73. The predicted octanol–water partition coefficient (Wildman–Crippen LogP) is 6.70. The van der Waals surface area contributed by atoms with Crippen LogP contribution in [0.3, 0.4) is 0 Å². The van der Waals surface area contributed by atoms with Crippen molar-refractivity contribution >= 4 is 0 Å². The van der Waals surface area contributed by atoms with Crippen molar-refractivity contribution in [1.29, 1.82) is 5.26 Å². The fraction of sp³-hybridized carbons (Fsp3) is 0.522. The van der Waals surface area contributed by atoms with Crippen molar-refractivity contribution in [1.82, 2.24) is 0 Å². The second-order valence-corrected chi connectivity index (χ2v) is 7.25. The molecule has 2 rings (SSSR count). The van der Waals surface area contributed by atoms with Crippen LogP contribution in [0.1, 0.15) is 63.0 Å². The summed E-state index contributed by atoms with van der Waals surface area (Å²) in [6, 6.07) is 10.7. The van der Waals surface area contributed by atoms with E-state index in [-0.39, 0.29) is 0 Å². The van der Waals surface area contributed by atoms with E-state index in [0.717, 1.165) is 5.92 Å². The molecule has 0 bridgehead atoms. The van der Waals surface area contributed by atoms with E-state index in [2.05, 4.69) is 37.3 Å².